The molecule has 0 unspecified atom stereocenters. The van der Waals surface area contributed by atoms with Crippen molar-refractivity contribution in [1.29, 1.82) is 0 Å². The van der Waals surface area contributed by atoms with Gasteiger partial charge in [0.05, 0.1) is 4.92 Å². The Kier molecular flexibility index (Phi) is 5.38. The third-order valence-corrected chi connectivity index (χ3v) is 2.47. The molecule has 0 bridgehead atoms. The van der Waals surface area contributed by atoms with Crippen LogP contribution in [-0.2, 0) is 14.4 Å². The number of carboxylic acid groups (broad SMARTS) is 2. The van der Waals surface area contributed by atoms with E-state index in [-0.39, 0.29) is 11.4 Å². The van der Waals surface area contributed by atoms with E-state index < -0.39 is 41.6 Å². The number of hydrogen-bond donors (Lipinski definition) is 2. The summed E-state index contributed by atoms with van der Waals surface area (Å²) < 4.78 is 4.87. The molecule has 0 heterocycles. The molecule has 1 aromatic carbocycles. The number of rotatable bonds is 7. The minimum absolute atomic E-state index is 0.0420. The highest BCUT2D eigenvalue weighted by Gasteiger charge is 2.25. The van der Waals surface area contributed by atoms with Gasteiger partial charge >= 0.3 is 11.9 Å². The highest BCUT2D eigenvalue weighted by atomic mass is 16.6. The van der Waals surface area contributed by atoms with E-state index in [2.05, 4.69) is 0 Å². The van der Waals surface area contributed by atoms with Gasteiger partial charge < -0.3 is 14.9 Å². The van der Waals surface area contributed by atoms with Crippen LogP contribution in [0.5, 0.6) is 5.75 Å². The van der Waals surface area contributed by atoms with Gasteiger partial charge in [-0.3, -0.25) is 24.6 Å². The zero-order valence-corrected chi connectivity index (χ0v) is 11.4. The molecule has 10 heteroatoms. The maximum Gasteiger partial charge on any atom is 0.341 e. The number of anilines is 1. The molecule has 1 aromatic rings. The van der Waals surface area contributed by atoms with Crippen molar-refractivity contribution in [2.24, 2.45) is 0 Å². The van der Waals surface area contributed by atoms with E-state index in [1.54, 1.807) is 0 Å². The molecule has 0 atom stereocenters. The van der Waals surface area contributed by atoms with Crippen LogP contribution in [0.25, 0.3) is 0 Å². The SMILES string of the molecule is CC(=O)N(CC(=O)O)c1cc(OCC(=O)O)ccc1[N+](=O)[O-]. The summed E-state index contributed by atoms with van der Waals surface area (Å²) in [5.74, 6) is -3.38. The van der Waals surface area contributed by atoms with Gasteiger partial charge in [-0.05, 0) is 6.07 Å². The van der Waals surface area contributed by atoms with Crippen molar-refractivity contribution in [3.05, 3.63) is 28.3 Å². The molecule has 1 amide bonds. The van der Waals surface area contributed by atoms with Gasteiger partial charge in [0.1, 0.15) is 18.0 Å². The average Bonchev–Trinajstić information content (AvgIpc) is 2.41. The summed E-state index contributed by atoms with van der Waals surface area (Å²) >= 11 is 0. The molecule has 0 saturated carbocycles. The molecule has 0 aliphatic heterocycles. The second-order valence-electron chi connectivity index (χ2n) is 4.09. The molecular formula is C12H12N2O8. The Morgan fingerprint density at radius 2 is 1.91 bits per heavy atom. The molecule has 0 aromatic heterocycles. The molecule has 0 aliphatic carbocycles. The van der Waals surface area contributed by atoms with E-state index in [1.165, 1.54) is 0 Å². The Bertz CT molecular complexity index is 628. The number of nitro benzene ring substituents is 1. The minimum atomic E-state index is -1.36. The fourth-order valence-corrected chi connectivity index (χ4v) is 1.61. The Hall–Kier alpha value is -3.17. The number of nitro groups is 1. The Morgan fingerprint density at radius 3 is 2.36 bits per heavy atom. The zero-order chi connectivity index (χ0) is 16.9. The lowest BCUT2D eigenvalue weighted by molar-refractivity contribution is -0.384. The molecule has 0 aliphatic rings. The maximum atomic E-state index is 11.5. The Balaban J connectivity index is 3.28. The second-order valence-corrected chi connectivity index (χ2v) is 4.09. The summed E-state index contributed by atoms with van der Waals surface area (Å²) in [6, 6.07) is 3.21. The largest absolute Gasteiger partial charge is 0.482 e. The lowest BCUT2D eigenvalue weighted by Gasteiger charge is -2.19. The van der Waals surface area contributed by atoms with Gasteiger partial charge in [0.2, 0.25) is 5.91 Å². The summed E-state index contributed by atoms with van der Waals surface area (Å²) in [5.41, 5.74) is -0.790. The van der Waals surface area contributed by atoms with Crippen molar-refractivity contribution in [3.63, 3.8) is 0 Å². The van der Waals surface area contributed by atoms with Crippen molar-refractivity contribution < 1.29 is 34.3 Å². The smallest absolute Gasteiger partial charge is 0.341 e. The number of hydrogen-bond acceptors (Lipinski definition) is 6. The monoisotopic (exact) mass is 312 g/mol. The van der Waals surface area contributed by atoms with Gasteiger partial charge in [0, 0.05) is 19.1 Å². The number of aliphatic carboxylic acids is 2. The number of carbonyl (C=O) groups excluding carboxylic acids is 1. The van der Waals surface area contributed by atoms with Crippen molar-refractivity contribution in [1.82, 2.24) is 0 Å². The van der Waals surface area contributed by atoms with Crippen LogP contribution in [0.4, 0.5) is 11.4 Å². The predicted octanol–water partition coefficient (Wildman–Crippen LogP) is 0.496. The van der Waals surface area contributed by atoms with Crippen LogP contribution < -0.4 is 9.64 Å². The van der Waals surface area contributed by atoms with Crippen molar-refractivity contribution in [2.75, 3.05) is 18.1 Å². The third kappa shape index (κ3) is 4.44. The molecule has 2 N–H and O–H groups in total. The lowest BCUT2D eigenvalue weighted by Crippen LogP contribution is -2.34. The summed E-state index contributed by atoms with van der Waals surface area (Å²) in [7, 11) is 0. The van der Waals surface area contributed by atoms with Crippen molar-refractivity contribution in [2.45, 2.75) is 6.92 Å². The molecule has 0 fully saturated rings. The quantitative estimate of drug-likeness (QED) is 0.546. The average molecular weight is 312 g/mol. The van der Waals surface area contributed by atoms with Crippen LogP contribution in [0.3, 0.4) is 0 Å². The third-order valence-electron chi connectivity index (χ3n) is 2.47. The van der Waals surface area contributed by atoms with Crippen LogP contribution in [0.15, 0.2) is 18.2 Å². The molecule has 0 spiro atoms. The van der Waals surface area contributed by atoms with E-state index in [9.17, 15) is 24.5 Å². The van der Waals surface area contributed by atoms with Gasteiger partial charge in [0.15, 0.2) is 6.61 Å². The molecule has 22 heavy (non-hydrogen) atoms. The van der Waals surface area contributed by atoms with E-state index in [0.717, 1.165) is 25.1 Å². The van der Waals surface area contributed by atoms with Crippen LogP contribution in [0.2, 0.25) is 0 Å². The van der Waals surface area contributed by atoms with Gasteiger partial charge in [-0.25, -0.2) is 4.79 Å². The minimum Gasteiger partial charge on any atom is -0.482 e. The number of amides is 1. The summed E-state index contributed by atoms with van der Waals surface area (Å²) in [6.07, 6.45) is 0. The first kappa shape index (κ1) is 16.9. The lowest BCUT2D eigenvalue weighted by atomic mass is 10.2. The first-order valence-corrected chi connectivity index (χ1v) is 5.85. The van der Waals surface area contributed by atoms with Crippen LogP contribution in [0, 0.1) is 10.1 Å². The van der Waals surface area contributed by atoms with E-state index in [0.29, 0.717) is 4.90 Å². The highest BCUT2D eigenvalue weighted by molar-refractivity contribution is 5.98. The van der Waals surface area contributed by atoms with Crippen LogP contribution >= 0.6 is 0 Å². The first-order chi connectivity index (χ1) is 10.2. The number of carboxylic acids is 2. The molecule has 0 radical (unpaired) electrons. The van der Waals surface area contributed by atoms with Gasteiger partial charge in [0.25, 0.3) is 5.69 Å². The fraction of sp³-hybridized carbons (Fsp3) is 0.250. The van der Waals surface area contributed by atoms with Crippen molar-refractivity contribution in [3.8, 4) is 5.75 Å². The Morgan fingerprint density at radius 1 is 1.27 bits per heavy atom. The van der Waals surface area contributed by atoms with E-state index >= 15 is 0 Å². The van der Waals surface area contributed by atoms with Gasteiger partial charge in [-0.15, -0.1) is 0 Å². The normalized spacial score (nSPS) is 9.86. The number of nitrogens with zero attached hydrogens (tertiary/aromatic N) is 2. The van der Waals surface area contributed by atoms with E-state index in [1.807, 2.05) is 0 Å². The van der Waals surface area contributed by atoms with Gasteiger partial charge in [-0.2, -0.15) is 0 Å². The summed E-state index contributed by atoms with van der Waals surface area (Å²) in [6.45, 7) is -0.410. The van der Waals surface area contributed by atoms with E-state index in [4.69, 9.17) is 14.9 Å². The molecule has 1 rings (SSSR count). The second kappa shape index (κ2) is 7.02. The number of carbonyl (C=O) groups is 3. The molecule has 118 valence electrons. The number of benzene rings is 1. The van der Waals surface area contributed by atoms with Gasteiger partial charge in [-0.1, -0.05) is 0 Å². The highest BCUT2D eigenvalue weighted by Crippen LogP contribution is 2.32. The standard InChI is InChI=1S/C12H12N2O8/c1-7(15)13(5-11(16)17)10-4-8(22-6-12(18)19)2-3-9(10)14(20)21/h2-4H,5-6H2,1H3,(H,16,17)(H,18,19). The number of ether oxygens (including phenoxy) is 1. The maximum absolute atomic E-state index is 11.5. The van der Waals surface area contributed by atoms with Crippen molar-refractivity contribution >= 4 is 29.2 Å². The topological polar surface area (TPSA) is 147 Å². The Labute approximate surface area is 123 Å². The van der Waals surface area contributed by atoms with Crippen LogP contribution in [-0.4, -0.2) is 46.1 Å². The van der Waals surface area contributed by atoms with Crippen LogP contribution in [0.1, 0.15) is 6.92 Å². The predicted molar refractivity (Wildman–Crippen MR) is 71.9 cm³/mol. The summed E-state index contributed by atoms with van der Waals surface area (Å²) in [4.78, 5) is 43.7. The summed E-state index contributed by atoms with van der Waals surface area (Å²) in [5, 5.41) is 28.3. The fourth-order valence-electron chi connectivity index (χ4n) is 1.61. The molecule has 10 nitrogen and oxygen atoms in total. The molecule has 0 saturated heterocycles. The first-order valence-electron chi connectivity index (χ1n) is 5.85. The molecular weight excluding hydrogens is 300 g/mol. The zero-order valence-electron chi connectivity index (χ0n) is 11.4.